The molecule has 0 aliphatic carbocycles. The summed E-state index contributed by atoms with van der Waals surface area (Å²) in [6.45, 7) is 4.46. The fraction of sp³-hybridized carbons (Fsp3) is 0.400. The minimum Gasteiger partial charge on any atom is -0.490 e. The van der Waals surface area contributed by atoms with Crippen LogP contribution < -0.4 is 14.8 Å². The number of nitriles is 1. The average molecular weight is 258 g/mol. The van der Waals surface area contributed by atoms with Crippen LogP contribution in [0.5, 0.6) is 11.5 Å². The van der Waals surface area contributed by atoms with Crippen LogP contribution in [0, 0.1) is 11.3 Å². The van der Waals surface area contributed by atoms with Crippen molar-refractivity contribution in [1.82, 2.24) is 5.32 Å². The van der Waals surface area contributed by atoms with Crippen LogP contribution in [-0.4, -0.2) is 26.3 Å². The van der Waals surface area contributed by atoms with Gasteiger partial charge in [-0.1, -0.05) is 12.1 Å². The highest BCUT2D eigenvalue weighted by Crippen LogP contribution is 2.32. The summed E-state index contributed by atoms with van der Waals surface area (Å²) in [4.78, 5) is 0. The Bertz CT molecular complexity index is 503. The Balaban J connectivity index is 2.24. The molecule has 1 heterocycles. The molecule has 100 valence electrons. The first-order chi connectivity index (χ1) is 9.35. The van der Waals surface area contributed by atoms with Crippen LogP contribution in [0.25, 0.3) is 5.57 Å². The molecule has 0 saturated carbocycles. The summed E-state index contributed by atoms with van der Waals surface area (Å²) in [5, 5.41) is 11.9. The molecule has 1 aliphatic rings. The molecule has 19 heavy (non-hydrogen) atoms. The molecule has 0 saturated heterocycles. The second-order valence-electron chi connectivity index (χ2n) is 4.22. The average Bonchev–Trinajstić information content (AvgIpc) is 2.47. The van der Waals surface area contributed by atoms with Gasteiger partial charge in [0.15, 0.2) is 18.1 Å². The number of nitrogens with one attached hydrogen (secondary N) is 1. The second-order valence-corrected chi connectivity index (χ2v) is 4.22. The van der Waals surface area contributed by atoms with Gasteiger partial charge in [0.25, 0.3) is 0 Å². The summed E-state index contributed by atoms with van der Waals surface area (Å²) in [6, 6.07) is 7.86. The van der Waals surface area contributed by atoms with Gasteiger partial charge in [-0.15, -0.1) is 0 Å². The van der Waals surface area contributed by atoms with E-state index < -0.39 is 0 Å². The standard InChI is InChI=1S/C15H18N2O2/c1-2-18-15-11-13(12-5-8-17-9-6-12)3-4-14(15)19-10-7-16/h3-5,11,17H,2,6,8-10H2,1H3. The van der Waals surface area contributed by atoms with E-state index in [-0.39, 0.29) is 6.61 Å². The molecule has 4 nitrogen and oxygen atoms in total. The third kappa shape index (κ3) is 3.49. The highest BCUT2D eigenvalue weighted by molar-refractivity contribution is 5.69. The van der Waals surface area contributed by atoms with Crippen molar-refractivity contribution in [2.45, 2.75) is 13.3 Å². The van der Waals surface area contributed by atoms with Crippen molar-refractivity contribution >= 4 is 5.57 Å². The number of ether oxygens (including phenoxy) is 2. The first-order valence-electron chi connectivity index (χ1n) is 6.52. The lowest BCUT2D eigenvalue weighted by atomic mass is 10.00. The topological polar surface area (TPSA) is 54.3 Å². The Morgan fingerprint density at radius 2 is 2.21 bits per heavy atom. The molecule has 1 aromatic rings. The SMILES string of the molecule is CCOc1cc(C2=CCNCC2)ccc1OCC#N. The molecule has 1 aliphatic heterocycles. The van der Waals surface area contributed by atoms with Crippen LogP contribution >= 0.6 is 0 Å². The van der Waals surface area contributed by atoms with E-state index in [1.165, 1.54) is 5.57 Å². The Hall–Kier alpha value is -1.99. The molecule has 0 spiro atoms. The van der Waals surface area contributed by atoms with Gasteiger partial charge >= 0.3 is 0 Å². The molecule has 4 heteroatoms. The van der Waals surface area contributed by atoms with E-state index in [0.29, 0.717) is 18.1 Å². The first kappa shape index (κ1) is 13.4. The quantitative estimate of drug-likeness (QED) is 0.881. The molecule has 1 N–H and O–H groups in total. The lowest BCUT2D eigenvalue weighted by Gasteiger charge is -2.16. The van der Waals surface area contributed by atoms with Gasteiger partial charge in [0.05, 0.1) is 6.61 Å². The molecular formula is C15H18N2O2. The van der Waals surface area contributed by atoms with E-state index in [1.54, 1.807) is 0 Å². The fourth-order valence-electron chi connectivity index (χ4n) is 2.09. The first-order valence-corrected chi connectivity index (χ1v) is 6.52. The fourth-order valence-corrected chi connectivity index (χ4v) is 2.09. The van der Waals surface area contributed by atoms with Crippen LogP contribution in [0.1, 0.15) is 18.9 Å². The number of benzene rings is 1. The lowest BCUT2D eigenvalue weighted by Crippen LogP contribution is -2.20. The van der Waals surface area contributed by atoms with E-state index in [1.807, 2.05) is 31.2 Å². The monoisotopic (exact) mass is 258 g/mol. The zero-order chi connectivity index (χ0) is 13.5. The maximum atomic E-state index is 8.57. The molecular weight excluding hydrogens is 240 g/mol. The minimum absolute atomic E-state index is 0.0338. The highest BCUT2D eigenvalue weighted by Gasteiger charge is 2.10. The van der Waals surface area contributed by atoms with Gasteiger partial charge in [0.1, 0.15) is 6.07 Å². The zero-order valence-corrected chi connectivity index (χ0v) is 11.1. The van der Waals surface area contributed by atoms with Crippen molar-refractivity contribution in [2.24, 2.45) is 0 Å². The molecule has 0 bridgehead atoms. The smallest absolute Gasteiger partial charge is 0.174 e. The van der Waals surface area contributed by atoms with Crippen molar-refractivity contribution in [1.29, 1.82) is 5.26 Å². The van der Waals surface area contributed by atoms with Crippen molar-refractivity contribution in [3.05, 3.63) is 29.8 Å². The molecule has 1 aromatic carbocycles. The summed E-state index contributed by atoms with van der Waals surface area (Å²) in [7, 11) is 0. The molecule has 0 aromatic heterocycles. The summed E-state index contributed by atoms with van der Waals surface area (Å²) >= 11 is 0. The van der Waals surface area contributed by atoms with Crippen molar-refractivity contribution in [2.75, 3.05) is 26.3 Å². The Labute approximate surface area is 113 Å². The van der Waals surface area contributed by atoms with Gasteiger partial charge in [-0.2, -0.15) is 5.26 Å². The lowest BCUT2D eigenvalue weighted by molar-refractivity contribution is 0.298. The third-order valence-corrected chi connectivity index (χ3v) is 2.97. The van der Waals surface area contributed by atoms with E-state index in [9.17, 15) is 0 Å². The largest absolute Gasteiger partial charge is 0.490 e. The Morgan fingerprint density at radius 3 is 2.89 bits per heavy atom. The van der Waals surface area contributed by atoms with Gasteiger partial charge in [-0.25, -0.2) is 0 Å². The molecule has 0 radical (unpaired) electrons. The number of hydrogen-bond acceptors (Lipinski definition) is 4. The van der Waals surface area contributed by atoms with Crippen molar-refractivity contribution in [3.8, 4) is 17.6 Å². The van der Waals surface area contributed by atoms with Crippen LogP contribution in [0.4, 0.5) is 0 Å². The van der Waals surface area contributed by atoms with E-state index >= 15 is 0 Å². The van der Waals surface area contributed by atoms with Crippen molar-refractivity contribution < 1.29 is 9.47 Å². The van der Waals surface area contributed by atoms with Gasteiger partial charge in [-0.3, -0.25) is 0 Å². The molecule has 0 amide bonds. The van der Waals surface area contributed by atoms with Crippen molar-refractivity contribution in [3.63, 3.8) is 0 Å². The molecule has 0 atom stereocenters. The van der Waals surface area contributed by atoms with Crippen LogP contribution in [0.2, 0.25) is 0 Å². The van der Waals surface area contributed by atoms with E-state index in [0.717, 1.165) is 25.1 Å². The number of hydrogen-bond donors (Lipinski definition) is 1. The van der Waals surface area contributed by atoms with Gasteiger partial charge < -0.3 is 14.8 Å². The summed E-state index contributed by atoms with van der Waals surface area (Å²) in [5.41, 5.74) is 2.49. The van der Waals surface area contributed by atoms with E-state index in [2.05, 4.69) is 11.4 Å². The zero-order valence-electron chi connectivity index (χ0n) is 11.1. The van der Waals surface area contributed by atoms with Crippen LogP contribution in [0.15, 0.2) is 24.3 Å². The van der Waals surface area contributed by atoms with E-state index in [4.69, 9.17) is 14.7 Å². The van der Waals surface area contributed by atoms with Gasteiger partial charge in [0, 0.05) is 6.54 Å². The Morgan fingerprint density at radius 1 is 1.32 bits per heavy atom. The third-order valence-electron chi connectivity index (χ3n) is 2.97. The predicted octanol–water partition coefficient (Wildman–Crippen LogP) is 2.36. The molecule has 0 unspecified atom stereocenters. The second kappa shape index (κ2) is 6.81. The summed E-state index contributed by atoms with van der Waals surface area (Å²) in [6.07, 6.45) is 3.22. The van der Waals surface area contributed by atoms with Crippen LogP contribution in [0.3, 0.4) is 0 Å². The van der Waals surface area contributed by atoms with Gasteiger partial charge in [-0.05, 0) is 43.2 Å². The maximum absolute atomic E-state index is 8.57. The highest BCUT2D eigenvalue weighted by atomic mass is 16.5. The summed E-state index contributed by atoms with van der Waals surface area (Å²) < 4.78 is 11.0. The minimum atomic E-state index is 0.0338. The number of nitrogens with zero attached hydrogens (tertiary/aromatic N) is 1. The normalized spacial score (nSPS) is 14.4. The number of rotatable bonds is 5. The molecule has 2 rings (SSSR count). The maximum Gasteiger partial charge on any atom is 0.174 e. The van der Waals surface area contributed by atoms with Crippen LogP contribution in [-0.2, 0) is 0 Å². The van der Waals surface area contributed by atoms with Gasteiger partial charge in [0.2, 0.25) is 0 Å². The summed E-state index contributed by atoms with van der Waals surface area (Å²) in [5.74, 6) is 1.33. The predicted molar refractivity (Wildman–Crippen MR) is 74.2 cm³/mol. The molecule has 0 fully saturated rings. The Kier molecular flexibility index (Phi) is 4.82.